The molecule has 0 radical (unpaired) electrons. The van der Waals surface area contributed by atoms with Crippen molar-refractivity contribution in [3.8, 4) is 6.07 Å². The summed E-state index contributed by atoms with van der Waals surface area (Å²) in [6, 6.07) is 5.03. The molecule has 3 unspecified atom stereocenters. The van der Waals surface area contributed by atoms with E-state index in [2.05, 4.69) is 25.5 Å². The number of nitriles is 1. The van der Waals surface area contributed by atoms with E-state index in [0.717, 1.165) is 24.2 Å². The van der Waals surface area contributed by atoms with E-state index in [9.17, 15) is 8.42 Å². The van der Waals surface area contributed by atoms with Gasteiger partial charge >= 0.3 is 0 Å². The maximum Gasteiger partial charge on any atom is 0.250 e. The molecule has 21 heavy (non-hydrogen) atoms. The SMILES string of the molecule is CC12CCC(C1)C(C)(C)C2NS(=O)(=O)c1ccc(C#N)s1. The summed E-state index contributed by atoms with van der Waals surface area (Å²) in [5, 5.41) is 8.86. The van der Waals surface area contributed by atoms with Crippen molar-refractivity contribution in [3.05, 3.63) is 17.0 Å². The Kier molecular flexibility index (Phi) is 3.25. The van der Waals surface area contributed by atoms with Gasteiger partial charge in [0.2, 0.25) is 10.0 Å². The lowest BCUT2D eigenvalue weighted by Gasteiger charge is -2.42. The predicted octanol–water partition coefficient (Wildman–Crippen LogP) is 3.11. The lowest BCUT2D eigenvalue weighted by molar-refractivity contribution is 0.127. The molecular weight excluding hydrogens is 304 g/mol. The quantitative estimate of drug-likeness (QED) is 0.928. The number of sulfonamides is 1. The largest absolute Gasteiger partial charge is 0.250 e. The standard InChI is InChI=1S/C15H20N2O2S2/c1-14(2)10-6-7-15(3,8-10)13(14)17-21(18,19)12-5-4-11(9-16)20-12/h4-5,10,13,17H,6-8H2,1-3H3. The first kappa shape index (κ1) is 15.0. The van der Waals surface area contributed by atoms with E-state index in [1.54, 1.807) is 6.07 Å². The van der Waals surface area contributed by atoms with Gasteiger partial charge in [-0.2, -0.15) is 5.26 Å². The van der Waals surface area contributed by atoms with E-state index >= 15 is 0 Å². The van der Waals surface area contributed by atoms with Crippen molar-refractivity contribution in [1.82, 2.24) is 4.72 Å². The monoisotopic (exact) mass is 324 g/mol. The first-order valence-electron chi connectivity index (χ1n) is 7.21. The summed E-state index contributed by atoms with van der Waals surface area (Å²) < 4.78 is 28.4. The third-order valence-electron chi connectivity index (χ3n) is 5.50. The second-order valence-electron chi connectivity index (χ2n) is 7.20. The Morgan fingerprint density at radius 2 is 2.10 bits per heavy atom. The maximum atomic E-state index is 12.6. The fraction of sp³-hybridized carbons (Fsp3) is 0.667. The predicted molar refractivity (Wildman–Crippen MR) is 82.4 cm³/mol. The summed E-state index contributed by atoms with van der Waals surface area (Å²) in [6.45, 7) is 6.54. The molecule has 0 aromatic carbocycles. The Morgan fingerprint density at radius 1 is 1.38 bits per heavy atom. The zero-order valence-electron chi connectivity index (χ0n) is 12.5. The van der Waals surface area contributed by atoms with Crippen LogP contribution in [0.5, 0.6) is 0 Å². The number of rotatable bonds is 3. The van der Waals surface area contributed by atoms with Gasteiger partial charge < -0.3 is 0 Å². The summed E-state index contributed by atoms with van der Waals surface area (Å²) in [6.07, 6.45) is 3.38. The molecule has 2 saturated carbocycles. The van der Waals surface area contributed by atoms with E-state index in [1.165, 1.54) is 12.5 Å². The molecule has 1 aromatic heterocycles. The molecule has 0 amide bonds. The molecule has 3 atom stereocenters. The van der Waals surface area contributed by atoms with Gasteiger partial charge in [0.15, 0.2) is 0 Å². The first-order chi connectivity index (χ1) is 9.69. The molecule has 0 spiro atoms. The fourth-order valence-electron chi connectivity index (χ4n) is 4.33. The molecule has 3 rings (SSSR count). The third-order valence-corrected chi connectivity index (χ3v) is 8.40. The van der Waals surface area contributed by atoms with Crippen molar-refractivity contribution in [2.24, 2.45) is 16.7 Å². The molecule has 1 aromatic rings. The fourth-order valence-corrected chi connectivity index (χ4v) is 6.98. The minimum absolute atomic E-state index is 0.0185. The van der Waals surface area contributed by atoms with E-state index in [4.69, 9.17) is 5.26 Å². The zero-order chi connectivity index (χ0) is 15.5. The number of hydrogen-bond acceptors (Lipinski definition) is 4. The van der Waals surface area contributed by atoms with Gasteiger partial charge in [0, 0.05) is 6.04 Å². The molecule has 1 heterocycles. The average molecular weight is 324 g/mol. The number of nitrogens with zero attached hydrogens (tertiary/aromatic N) is 1. The number of nitrogens with one attached hydrogen (secondary N) is 1. The van der Waals surface area contributed by atoms with Crippen LogP contribution in [-0.2, 0) is 10.0 Å². The van der Waals surface area contributed by atoms with Gasteiger partial charge in [-0.25, -0.2) is 13.1 Å². The van der Waals surface area contributed by atoms with E-state index in [0.29, 0.717) is 10.8 Å². The molecule has 2 aliphatic rings. The second kappa shape index (κ2) is 4.55. The van der Waals surface area contributed by atoms with Gasteiger partial charge in [0.25, 0.3) is 0 Å². The molecular formula is C15H20N2O2S2. The van der Waals surface area contributed by atoms with Crippen molar-refractivity contribution < 1.29 is 8.42 Å². The second-order valence-corrected chi connectivity index (χ2v) is 10.2. The lowest BCUT2D eigenvalue weighted by atomic mass is 9.69. The molecule has 2 fully saturated rings. The molecule has 2 aliphatic carbocycles. The Hall–Kier alpha value is -0.900. The lowest BCUT2D eigenvalue weighted by Crippen LogP contribution is -2.52. The highest BCUT2D eigenvalue weighted by Gasteiger charge is 2.60. The molecule has 6 heteroatoms. The number of hydrogen-bond donors (Lipinski definition) is 1. The van der Waals surface area contributed by atoms with E-state index < -0.39 is 10.0 Å². The van der Waals surface area contributed by atoms with E-state index in [-0.39, 0.29) is 21.1 Å². The van der Waals surface area contributed by atoms with Gasteiger partial charge in [0.1, 0.15) is 15.2 Å². The normalized spacial score (nSPS) is 34.0. The number of thiophene rings is 1. The molecule has 4 nitrogen and oxygen atoms in total. The van der Waals surface area contributed by atoms with Crippen LogP contribution in [0.15, 0.2) is 16.3 Å². The third kappa shape index (κ3) is 2.23. The minimum Gasteiger partial charge on any atom is -0.206 e. The van der Waals surface area contributed by atoms with Crippen molar-refractivity contribution in [2.75, 3.05) is 0 Å². The van der Waals surface area contributed by atoms with Gasteiger partial charge in [0.05, 0.1) is 0 Å². The molecule has 1 N–H and O–H groups in total. The van der Waals surface area contributed by atoms with Gasteiger partial charge in [-0.1, -0.05) is 20.8 Å². The van der Waals surface area contributed by atoms with Crippen LogP contribution in [0, 0.1) is 28.1 Å². The smallest absolute Gasteiger partial charge is 0.206 e. The van der Waals surface area contributed by atoms with Crippen molar-refractivity contribution in [3.63, 3.8) is 0 Å². The molecule has 2 bridgehead atoms. The topological polar surface area (TPSA) is 70.0 Å². The van der Waals surface area contributed by atoms with Crippen LogP contribution >= 0.6 is 11.3 Å². The summed E-state index contributed by atoms with van der Waals surface area (Å²) in [5.74, 6) is 0.591. The van der Waals surface area contributed by atoms with Crippen LogP contribution in [0.1, 0.15) is 44.9 Å². The van der Waals surface area contributed by atoms with Crippen molar-refractivity contribution >= 4 is 21.4 Å². The Balaban J connectivity index is 1.91. The average Bonchev–Trinajstić information content (AvgIpc) is 3.06. The summed E-state index contributed by atoms with van der Waals surface area (Å²) in [4.78, 5) is 0.425. The van der Waals surface area contributed by atoms with Crippen LogP contribution in [0.4, 0.5) is 0 Å². The zero-order valence-corrected chi connectivity index (χ0v) is 14.1. The highest BCUT2D eigenvalue weighted by Crippen LogP contribution is 2.62. The first-order valence-corrected chi connectivity index (χ1v) is 9.51. The van der Waals surface area contributed by atoms with E-state index in [1.807, 2.05) is 6.07 Å². The molecule has 0 aliphatic heterocycles. The van der Waals surface area contributed by atoms with Crippen LogP contribution < -0.4 is 4.72 Å². The van der Waals surface area contributed by atoms with Crippen LogP contribution in [0.25, 0.3) is 0 Å². The maximum absolute atomic E-state index is 12.6. The Labute approximate surface area is 130 Å². The van der Waals surface area contributed by atoms with Crippen molar-refractivity contribution in [1.29, 1.82) is 5.26 Å². The highest BCUT2D eigenvalue weighted by atomic mass is 32.2. The highest BCUT2D eigenvalue weighted by molar-refractivity contribution is 7.91. The molecule has 0 saturated heterocycles. The molecule has 114 valence electrons. The van der Waals surface area contributed by atoms with Crippen molar-refractivity contribution in [2.45, 2.75) is 50.3 Å². The van der Waals surface area contributed by atoms with Crippen LogP contribution in [0.2, 0.25) is 0 Å². The minimum atomic E-state index is -3.55. The Bertz CT molecular complexity index is 710. The Morgan fingerprint density at radius 3 is 2.62 bits per heavy atom. The summed E-state index contributed by atoms with van der Waals surface area (Å²) >= 11 is 1.03. The summed E-state index contributed by atoms with van der Waals surface area (Å²) in [7, 11) is -3.55. The van der Waals surface area contributed by atoms with Gasteiger partial charge in [-0.3, -0.25) is 0 Å². The van der Waals surface area contributed by atoms with Gasteiger partial charge in [-0.15, -0.1) is 11.3 Å². The van der Waals surface area contributed by atoms with Crippen LogP contribution in [-0.4, -0.2) is 14.5 Å². The number of fused-ring (bicyclic) bond motifs is 2. The summed E-state index contributed by atoms with van der Waals surface area (Å²) in [5.41, 5.74) is 0.0337. The van der Waals surface area contributed by atoms with Crippen LogP contribution in [0.3, 0.4) is 0 Å². The van der Waals surface area contributed by atoms with Gasteiger partial charge in [-0.05, 0) is 48.1 Å².